The fraction of sp³-hybridized carbons (Fsp3) is 0.571. The van der Waals surface area contributed by atoms with Crippen molar-refractivity contribution < 1.29 is 4.74 Å². The smallest absolute Gasteiger partial charge is 0.118 e. The van der Waals surface area contributed by atoms with Gasteiger partial charge in [0.1, 0.15) is 5.75 Å². The topological polar surface area (TPSA) is 24.5 Å². The Balaban J connectivity index is 1.69. The predicted octanol–water partition coefficient (Wildman–Crippen LogP) is 1.80. The first-order chi connectivity index (χ1) is 8.36. The maximum Gasteiger partial charge on any atom is 0.118 e. The molecule has 1 atom stereocenters. The molecule has 0 amide bonds. The van der Waals surface area contributed by atoms with E-state index in [0.29, 0.717) is 6.04 Å². The van der Waals surface area contributed by atoms with Crippen molar-refractivity contribution in [3.05, 3.63) is 29.8 Å². The van der Waals surface area contributed by atoms with Gasteiger partial charge in [-0.15, -0.1) is 0 Å². The molecule has 1 heterocycles. The molecule has 1 saturated carbocycles. The Kier molecular flexibility index (Phi) is 3.04. The summed E-state index contributed by atoms with van der Waals surface area (Å²) < 4.78 is 5.20. The van der Waals surface area contributed by atoms with E-state index in [-0.39, 0.29) is 0 Å². The summed E-state index contributed by atoms with van der Waals surface area (Å²) in [5.41, 5.74) is 1.37. The average Bonchev–Trinajstić information content (AvgIpc) is 3.23. The van der Waals surface area contributed by atoms with Gasteiger partial charge in [-0.3, -0.25) is 4.90 Å². The summed E-state index contributed by atoms with van der Waals surface area (Å²) in [6.45, 7) is 3.46. The molecule has 0 aromatic heterocycles. The first-order valence-corrected chi connectivity index (χ1v) is 6.48. The third kappa shape index (κ3) is 2.45. The third-order valence-electron chi connectivity index (χ3n) is 3.79. The molecule has 1 aliphatic carbocycles. The largest absolute Gasteiger partial charge is 0.497 e. The summed E-state index contributed by atoms with van der Waals surface area (Å²) in [4.78, 5) is 2.63. The van der Waals surface area contributed by atoms with E-state index in [0.717, 1.165) is 24.9 Å². The van der Waals surface area contributed by atoms with E-state index in [1.807, 2.05) is 12.1 Å². The van der Waals surface area contributed by atoms with Gasteiger partial charge in [-0.25, -0.2) is 0 Å². The fourth-order valence-corrected chi connectivity index (χ4v) is 2.60. The Hall–Kier alpha value is -1.06. The van der Waals surface area contributed by atoms with Crippen LogP contribution in [0.4, 0.5) is 0 Å². The lowest BCUT2D eigenvalue weighted by Crippen LogP contribution is -2.46. The summed E-state index contributed by atoms with van der Waals surface area (Å²) in [5, 5.41) is 3.60. The van der Waals surface area contributed by atoms with E-state index in [1.54, 1.807) is 7.11 Å². The summed E-state index contributed by atoms with van der Waals surface area (Å²) in [5.74, 6) is 0.934. The lowest BCUT2D eigenvalue weighted by atomic mass is 10.0. The number of methoxy groups -OCH3 is 1. The van der Waals surface area contributed by atoms with Crippen LogP contribution in [0.3, 0.4) is 0 Å². The molecule has 92 valence electrons. The molecule has 2 fully saturated rings. The van der Waals surface area contributed by atoms with E-state index >= 15 is 0 Å². The summed E-state index contributed by atoms with van der Waals surface area (Å²) in [6.07, 6.45) is 2.80. The van der Waals surface area contributed by atoms with E-state index in [4.69, 9.17) is 4.74 Å². The van der Waals surface area contributed by atoms with E-state index in [9.17, 15) is 0 Å². The number of rotatable bonds is 3. The molecule has 17 heavy (non-hydrogen) atoms. The Labute approximate surface area is 103 Å². The minimum absolute atomic E-state index is 0.482. The van der Waals surface area contributed by atoms with Crippen LogP contribution in [0.2, 0.25) is 0 Å². The first kappa shape index (κ1) is 11.1. The Bertz CT molecular complexity index is 372. The maximum absolute atomic E-state index is 5.20. The highest BCUT2D eigenvalue weighted by Gasteiger charge is 2.32. The molecule has 3 nitrogen and oxygen atoms in total. The van der Waals surface area contributed by atoms with Gasteiger partial charge in [-0.2, -0.15) is 0 Å². The number of hydrogen-bond donors (Lipinski definition) is 1. The Morgan fingerprint density at radius 3 is 2.65 bits per heavy atom. The van der Waals surface area contributed by atoms with Gasteiger partial charge in [0.15, 0.2) is 0 Å². The van der Waals surface area contributed by atoms with Crippen molar-refractivity contribution in [2.45, 2.75) is 24.9 Å². The molecule has 1 aromatic rings. The standard InChI is InChI=1S/C14H20N2O/c1-17-13-6-2-11(3-7-13)14-10-16(9-8-15-14)12-4-5-12/h2-3,6-7,12,14-15H,4-5,8-10H2,1H3/t14-/m1/s1. The normalized spacial score (nSPS) is 25.8. The van der Waals surface area contributed by atoms with Gasteiger partial charge in [0.05, 0.1) is 7.11 Å². The van der Waals surface area contributed by atoms with Crippen LogP contribution in [-0.4, -0.2) is 37.7 Å². The minimum Gasteiger partial charge on any atom is -0.497 e. The number of hydrogen-bond acceptors (Lipinski definition) is 3. The van der Waals surface area contributed by atoms with Crippen LogP contribution in [0, 0.1) is 0 Å². The molecule has 1 saturated heterocycles. The SMILES string of the molecule is COc1ccc([C@H]2CN(C3CC3)CCN2)cc1. The molecule has 1 aromatic carbocycles. The van der Waals surface area contributed by atoms with Crippen LogP contribution in [0.5, 0.6) is 5.75 Å². The van der Waals surface area contributed by atoms with Crippen LogP contribution in [0.1, 0.15) is 24.4 Å². The van der Waals surface area contributed by atoms with Crippen LogP contribution >= 0.6 is 0 Å². The second kappa shape index (κ2) is 4.67. The minimum atomic E-state index is 0.482. The van der Waals surface area contributed by atoms with Gasteiger partial charge in [0.2, 0.25) is 0 Å². The molecule has 0 bridgehead atoms. The van der Waals surface area contributed by atoms with Crippen LogP contribution in [-0.2, 0) is 0 Å². The van der Waals surface area contributed by atoms with Crippen molar-refractivity contribution in [2.75, 3.05) is 26.7 Å². The second-order valence-corrected chi connectivity index (χ2v) is 5.01. The molecular weight excluding hydrogens is 212 g/mol. The molecular formula is C14H20N2O. The molecule has 0 spiro atoms. The number of ether oxygens (including phenoxy) is 1. The highest BCUT2D eigenvalue weighted by atomic mass is 16.5. The van der Waals surface area contributed by atoms with Crippen LogP contribution in [0.25, 0.3) is 0 Å². The second-order valence-electron chi connectivity index (χ2n) is 5.01. The molecule has 0 radical (unpaired) electrons. The quantitative estimate of drug-likeness (QED) is 0.860. The van der Waals surface area contributed by atoms with Gasteiger partial charge >= 0.3 is 0 Å². The van der Waals surface area contributed by atoms with Gasteiger partial charge in [-0.05, 0) is 30.5 Å². The van der Waals surface area contributed by atoms with E-state index in [1.165, 1.54) is 24.9 Å². The number of nitrogens with zero attached hydrogens (tertiary/aromatic N) is 1. The molecule has 1 N–H and O–H groups in total. The van der Waals surface area contributed by atoms with Crippen molar-refractivity contribution >= 4 is 0 Å². The molecule has 3 rings (SSSR count). The van der Waals surface area contributed by atoms with Crippen molar-refractivity contribution in [1.29, 1.82) is 0 Å². The molecule has 0 unspecified atom stereocenters. The van der Waals surface area contributed by atoms with E-state index in [2.05, 4.69) is 22.3 Å². The van der Waals surface area contributed by atoms with Crippen LogP contribution < -0.4 is 10.1 Å². The molecule has 2 aliphatic rings. The Morgan fingerprint density at radius 2 is 2.00 bits per heavy atom. The predicted molar refractivity (Wildman–Crippen MR) is 68.3 cm³/mol. The van der Waals surface area contributed by atoms with Crippen molar-refractivity contribution in [1.82, 2.24) is 10.2 Å². The summed E-state index contributed by atoms with van der Waals surface area (Å²) in [6, 6.07) is 9.80. The van der Waals surface area contributed by atoms with Gasteiger partial charge < -0.3 is 10.1 Å². The zero-order valence-corrected chi connectivity index (χ0v) is 10.4. The highest BCUT2D eigenvalue weighted by Crippen LogP contribution is 2.30. The lowest BCUT2D eigenvalue weighted by molar-refractivity contribution is 0.192. The Morgan fingerprint density at radius 1 is 1.24 bits per heavy atom. The zero-order chi connectivity index (χ0) is 11.7. The van der Waals surface area contributed by atoms with E-state index < -0.39 is 0 Å². The maximum atomic E-state index is 5.20. The summed E-state index contributed by atoms with van der Waals surface area (Å²) >= 11 is 0. The number of nitrogens with one attached hydrogen (secondary N) is 1. The molecule has 1 aliphatic heterocycles. The number of piperazine rings is 1. The first-order valence-electron chi connectivity index (χ1n) is 6.48. The monoisotopic (exact) mass is 232 g/mol. The van der Waals surface area contributed by atoms with Crippen molar-refractivity contribution in [3.63, 3.8) is 0 Å². The van der Waals surface area contributed by atoms with Crippen molar-refractivity contribution in [2.24, 2.45) is 0 Å². The van der Waals surface area contributed by atoms with Gasteiger partial charge in [-0.1, -0.05) is 12.1 Å². The summed E-state index contributed by atoms with van der Waals surface area (Å²) in [7, 11) is 1.71. The van der Waals surface area contributed by atoms with Crippen LogP contribution in [0.15, 0.2) is 24.3 Å². The molecule has 3 heteroatoms. The van der Waals surface area contributed by atoms with Gasteiger partial charge in [0, 0.05) is 31.7 Å². The fourth-order valence-electron chi connectivity index (χ4n) is 2.60. The van der Waals surface area contributed by atoms with Gasteiger partial charge in [0.25, 0.3) is 0 Å². The number of benzene rings is 1. The van der Waals surface area contributed by atoms with Crippen molar-refractivity contribution in [3.8, 4) is 5.75 Å². The third-order valence-corrected chi connectivity index (χ3v) is 3.79. The highest BCUT2D eigenvalue weighted by molar-refractivity contribution is 5.29. The zero-order valence-electron chi connectivity index (χ0n) is 10.4. The lowest BCUT2D eigenvalue weighted by Gasteiger charge is -2.34. The average molecular weight is 232 g/mol.